The molecular weight excluding hydrogens is 304 g/mol. The fourth-order valence-electron chi connectivity index (χ4n) is 2.85. The normalized spacial score (nSPS) is 23.7. The molecule has 2 atom stereocenters. The zero-order valence-electron chi connectivity index (χ0n) is 11.1. The van der Waals surface area contributed by atoms with Crippen molar-refractivity contribution in [2.45, 2.75) is 32.6 Å². The average Bonchev–Trinajstić information content (AvgIpc) is 2.79. The first-order chi connectivity index (χ1) is 9.22. The van der Waals surface area contributed by atoms with E-state index in [0.29, 0.717) is 0 Å². The highest BCUT2D eigenvalue weighted by Gasteiger charge is 2.21. The van der Waals surface area contributed by atoms with Gasteiger partial charge in [-0.1, -0.05) is 26.2 Å². The highest BCUT2D eigenvalue weighted by molar-refractivity contribution is 9.10. The molecule has 0 spiro atoms. The van der Waals surface area contributed by atoms with Crippen LogP contribution in [0.1, 0.15) is 32.6 Å². The highest BCUT2D eigenvalue weighted by atomic mass is 79.9. The van der Waals surface area contributed by atoms with Gasteiger partial charge in [0.2, 0.25) is 5.95 Å². The third kappa shape index (κ3) is 2.91. The second-order valence-electron chi connectivity index (χ2n) is 5.49. The maximum atomic E-state index is 4.48. The van der Waals surface area contributed by atoms with Crippen LogP contribution in [0.25, 0.3) is 5.65 Å². The Labute approximate surface area is 121 Å². The van der Waals surface area contributed by atoms with Gasteiger partial charge in [-0.15, -0.1) is 5.10 Å². The SMILES string of the molecule is CC1CCCCC1CNc1nc2ccc(Br)cn2n1. The summed E-state index contributed by atoms with van der Waals surface area (Å²) in [4.78, 5) is 4.48. The van der Waals surface area contributed by atoms with Crippen molar-refractivity contribution < 1.29 is 0 Å². The minimum absolute atomic E-state index is 0.732. The highest BCUT2D eigenvalue weighted by Crippen LogP contribution is 2.29. The monoisotopic (exact) mass is 322 g/mol. The number of fused-ring (bicyclic) bond motifs is 1. The number of nitrogens with one attached hydrogen (secondary N) is 1. The van der Waals surface area contributed by atoms with Gasteiger partial charge in [-0.2, -0.15) is 4.98 Å². The third-order valence-electron chi connectivity index (χ3n) is 4.11. The Hall–Kier alpha value is -1.10. The Bertz CT molecular complexity index is 566. The summed E-state index contributed by atoms with van der Waals surface area (Å²) in [5, 5.41) is 7.84. The molecule has 1 fully saturated rings. The van der Waals surface area contributed by atoms with Crippen LogP contribution in [0.15, 0.2) is 22.8 Å². The molecule has 0 radical (unpaired) electrons. The predicted octanol–water partition coefficient (Wildman–Crippen LogP) is 3.73. The van der Waals surface area contributed by atoms with Crippen molar-refractivity contribution in [2.75, 3.05) is 11.9 Å². The van der Waals surface area contributed by atoms with Gasteiger partial charge in [-0.05, 0) is 46.3 Å². The summed E-state index contributed by atoms with van der Waals surface area (Å²) in [5.74, 6) is 2.30. The van der Waals surface area contributed by atoms with Crippen molar-refractivity contribution in [2.24, 2.45) is 11.8 Å². The quantitative estimate of drug-likeness (QED) is 0.936. The number of rotatable bonds is 3. The Balaban J connectivity index is 1.68. The molecule has 2 unspecified atom stereocenters. The standard InChI is InChI=1S/C14H19BrN4/c1-10-4-2-3-5-11(10)8-16-14-17-13-7-6-12(15)9-19(13)18-14/h6-7,9-11H,2-5,8H2,1H3,(H,16,18). The molecule has 1 N–H and O–H groups in total. The lowest BCUT2D eigenvalue weighted by molar-refractivity contribution is 0.268. The van der Waals surface area contributed by atoms with Crippen molar-refractivity contribution in [3.05, 3.63) is 22.8 Å². The average molecular weight is 323 g/mol. The van der Waals surface area contributed by atoms with E-state index in [1.54, 1.807) is 4.52 Å². The van der Waals surface area contributed by atoms with Crippen molar-refractivity contribution in [1.29, 1.82) is 0 Å². The van der Waals surface area contributed by atoms with Crippen LogP contribution in [0, 0.1) is 11.8 Å². The number of nitrogens with zero attached hydrogens (tertiary/aromatic N) is 3. The molecule has 0 amide bonds. The van der Waals surface area contributed by atoms with Gasteiger partial charge in [0.05, 0.1) is 0 Å². The van der Waals surface area contributed by atoms with Crippen LogP contribution >= 0.6 is 15.9 Å². The smallest absolute Gasteiger partial charge is 0.243 e. The van der Waals surface area contributed by atoms with Crippen molar-refractivity contribution in [3.63, 3.8) is 0 Å². The van der Waals surface area contributed by atoms with Gasteiger partial charge in [-0.3, -0.25) is 0 Å². The van der Waals surface area contributed by atoms with Crippen LogP contribution in [0.3, 0.4) is 0 Å². The predicted molar refractivity (Wildman–Crippen MR) is 80.3 cm³/mol. The van der Waals surface area contributed by atoms with E-state index in [2.05, 4.69) is 38.3 Å². The summed E-state index contributed by atoms with van der Waals surface area (Å²) in [6.07, 6.45) is 7.36. The van der Waals surface area contributed by atoms with E-state index in [0.717, 1.165) is 34.4 Å². The minimum atomic E-state index is 0.732. The second-order valence-corrected chi connectivity index (χ2v) is 6.40. The molecule has 2 heterocycles. The van der Waals surface area contributed by atoms with Crippen LogP contribution in [0.5, 0.6) is 0 Å². The third-order valence-corrected chi connectivity index (χ3v) is 4.58. The van der Waals surface area contributed by atoms with E-state index in [-0.39, 0.29) is 0 Å². The Morgan fingerprint density at radius 1 is 1.37 bits per heavy atom. The molecule has 0 bridgehead atoms. The zero-order chi connectivity index (χ0) is 13.2. The van der Waals surface area contributed by atoms with E-state index in [1.807, 2.05) is 18.3 Å². The molecule has 0 saturated heterocycles. The fraction of sp³-hybridized carbons (Fsp3) is 0.571. The summed E-state index contributed by atoms with van der Waals surface area (Å²) < 4.78 is 2.81. The maximum Gasteiger partial charge on any atom is 0.243 e. The lowest BCUT2D eigenvalue weighted by Crippen LogP contribution is -2.24. The molecule has 1 aliphatic carbocycles. The van der Waals surface area contributed by atoms with Gasteiger partial charge in [-0.25, -0.2) is 4.52 Å². The van der Waals surface area contributed by atoms with Crippen molar-refractivity contribution in [1.82, 2.24) is 14.6 Å². The number of halogens is 1. The molecule has 0 aliphatic heterocycles. The van der Waals surface area contributed by atoms with E-state index in [9.17, 15) is 0 Å². The molecule has 0 aromatic carbocycles. The van der Waals surface area contributed by atoms with E-state index in [1.165, 1.54) is 25.7 Å². The lowest BCUT2D eigenvalue weighted by Gasteiger charge is -2.28. The number of hydrogen-bond acceptors (Lipinski definition) is 3. The lowest BCUT2D eigenvalue weighted by atomic mass is 9.80. The summed E-state index contributed by atoms with van der Waals surface area (Å²) in [7, 11) is 0. The molecule has 2 aromatic heterocycles. The van der Waals surface area contributed by atoms with Crippen LogP contribution in [-0.4, -0.2) is 21.1 Å². The van der Waals surface area contributed by atoms with Crippen LogP contribution in [-0.2, 0) is 0 Å². The molecule has 102 valence electrons. The summed E-state index contributed by atoms with van der Waals surface area (Å²) >= 11 is 3.44. The Morgan fingerprint density at radius 2 is 2.21 bits per heavy atom. The van der Waals surface area contributed by atoms with Gasteiger partial charge >= 0.3 is 0 Å². The first kappa shape index (κ1) is 12.9. The van der Waals surface area contributed by atoms with Gasteiger partial charge < -0.3 is 5.32 Å². The van der Waals surface area contributed by atoms with Crippen LogP contribution < -0.4 is 5.32 Å². The molecule has 3 rings (SSSR count). The first-order valence-electron chi connectivity index (χ1n) is 6.98. The molecular formula is C14H19BrN4. The zero-order valence-corrected chi connectivity index (χ0v) is 12.7. The molecule has 1 aliphatic rings. The van der Waals surface area contributed by atoms with E-state index >= 15 is 0 Å². The summed E-state index contributed by atoms with van der Waals surface area (Å²) in [6.45, 7) is 3.35. The largest absolute Gasteiger partial charge is 0.353 e. The Morgan fingerprint density at radius 3 is 3.05 bits per heavy atom. The molecule has 4 nitrogen and oxygen atoms in total. The van der Waals surface area contributed by atoms with E-state index < -0.39 is 0 Å². The molecule has 19 heavy (non-hydrogen) atoms. The summed E-state index contributed by atoms with van der Waals surface area (Å²) in [5.41, 5.74) is 0.877. The van der Waals surface area contributed by atoms with E-state index in [4.69, 9.17) is 0 Å². The summed E-state index contributed by atoms with van der Waals surface area (Å²) in [6, 6.07) is 3.95. The number of hydrogen-bond donors (Lipinski definition) is 1. The van der Waals surface area contributed by atoms with Crippen LogP contribution in [0.4, 0.5) is 5.95 Å². The van der Waals surface area contributed by atoms with Crippen LogP contribution in [0.2, 0.25) is 0 Å². The molecule has 1 saturated carbocycles. The molecule has 5 heteroatoms. The number of aromatic nitrogens is 3. The van der Waals surface area contributed by atoms with Gasteiger partial charge in [0.15, 0.2) is 5.65 Å². The molecule has 2 aromatic rings. The van der Waals surface area contributed by atoms with Gasteiger partial charge in [0, 0.05) is 17.2 Å². The van der Waals surface area contributed by atoms with Gasteiger partial charge in [0.1, 0.15) is 0 Å². The topological polar surface area (TPSA) is 42.2 Å². The minimum Gasteiger partial charge on any atom is -0.353 e. The second kappa shape index (κ2) is 5.49. The first-order valence-corrected chi connectivity index (χ1v) is 7.77. The van der Waals surface area contributed by atoms with Crippen molar-refractivity contribution >= 4 is 27.5 Å². The maximum absolute atomic E-state index is 4.48. The Kier molecular flexibility index (Phi) is 3.73. The number of pyridine rings is 1. The fourth-order valence-corrected chi connectivity index (χ4v) is 3.18. The van der Waals surface area contributed by atoms with Gasteiger partial charge in [0.25, 0.3) is 0 Å². The van der Waals surface area contributed by atoms with Crippen molar-refractivity contribution in [3.8, 4) is 0 Å². The number of anilines is 1.